The second-order valence-corrected chi connectivity index (χ2v) is 7.78. The third-order valence-corrected chi connectivity index (χ3v) is 5.50. The maximum absolute atomic E-state index is 12.4. The maximum atomic E-state index is 12.4. The Balaban J connectivity index is 1.48. The lowest BCUT2D eigenvalue weighted by molar-refractivity contribution is 0.0929. The van der Waals surface area contributed by atoms with E-state index >= 15 is 0 Å². The number of carbonyl (C=O) groups is 1. The largest absolute Gasteiger partial charge is 0.451 e. The van der Waals surface area contributed by atoms with Crippen LogP contribution in [0, 0.1) is 13.8 Å². The molecule has 1 N–H and O–H groups in total. The molecule has 1 amide bonds. The third kappa shape index (κ3) is 4.45. The summed E-state index contributed by atoms with van der Waals surface area (Å²) in [5.41, 5.74) is 8.87. The summed E-state index contributed by atoms with van der Waals surface area (Å²) in [6.45, 7) is 6.34. The Morgan fingerprint density at radius 3 is 2.61 bits per heavy atom. The zero-order chi connectivity index (χ0) is 21.8. The summed E-state index contributed by atoms with van der Waals surface area (Å²) < 4.78 is 7.78. The fourth-order valence-electron chi connectivity index (χ4n) is 3.82. The molecule has 0 unspecified atom stereocenters. The molecule has 0 aliphatic rings. The Hall–Kier alpha value is -3.60. The number of fused-ring (bicyclic) bond motifs is 1. The predicted octanol–water partition coefficient (Wildman–Crippen LogP) is 5.95. The summed E-state index contributed by atoms with van der Waals surface area (Å²) in [6.07, 6.45) is 5.20. The van der Waals surface area contributed by atoms with E-state index in [9.17, 15) is 4.79 Å². The van der Waals surface area contributed by atoms with Gasteiger partial charge in [-0.25, -0.2) is 5.43 Å². The number of rotatable bonds is 7. The first-order valence-corrected chi connectivity index (χ1v) is 10.7. The fraction of sp³-hybridized carbons (Fsp3) is 0.231. The van der Waals surface area contributed by atoms with E-state index in [1.54, 1.807) is 12.3 Å². The number of hydrazone groups is 1. The van der Waals surface area contributed by atoms with E-state index in [4.69, 9.17) is 4.42 Å². The van der Waals surface area contributed by atoms with E-state index < -0.39 is 0 Å². The van der Waals surface area contributed by atoms with Crippen LogP contribution in [0.3, 0.4) is 0 Å². The molecular weight excluding hydrogens is 386 g/mol. The highest BCUT2D eigenvalue weighted by molar-refractivity contribution is 5.96. The lowest BCUT2D eigenvalue weighted by atomic mass is 10.1. The van der Waals surface area contributed by atoms with Crippen molar-refractivity contribution in [2.45, 2.75) is 40.0 Å². The normalized spacial score (nSPS) is 11.5. The van der Waals surface area contributed by atoms with Crippen LogP contribution in [-0.2, 0) is 6.42 Å². The summed E-state index contributed by atoms with van der Waals surface area (Å²) in [5.74, 6) is -0.129. The molecular formula is C26H27N3O2. The maximum Gasteiger partial charge on any atom is 0.307 e. The van der Waals surface area contributed by atoms with Crippen molar-refractivity contribution in [3.05, 3.63) is 88.9 Å². The fourth-order valence-corrected chi connectivity index (χ4v) is 3.82. The number of amides is 1. The molecule has 0 radical (unpaired) electrons. The van der Waals surface area contributed by atoms with Gasteiger partial charge in [0.05, 0.1) is 6.21 Å². The molecule has 5 nitrogen and oxygen atoms in total. The van der Waals surface area contributed by atoms with Gasteiger partial charge in [-0.15, -0.1) is 0 Å². The molecule has 2 heterocycles. The summed E-state index contributed by atoms with van der Waals surface area (Å²) in [4.78, 5) is 12.4. The number of carbonyl (C=O) groups excluding carboxylic acids is 1. The monoisotopic (exact) mass is 413 g/mol. The van der Waals surface area contributed by atoms with Crippen LogP contribution >= 0.6 is 0 Å². The molecule has 5 heteroatoms. The van der Waals surface area contributed by atoms with Crippen molar-refractivity contribution >= 4 is 23.1 Å². The van der Waals surface area contributed by atoms with Crippen LogP contribution in [0.2, 0.25) is 0 Å². The lowest BCUT2D eigenvalue weighted by Gasteiger charge is -2.10. The minimum absolute atomic E-state index is 0.243. The van der Waals surface area contributed by atoms with Crippen molar-refractivity contribution in [2.75, 3.05) is 0 Å². The van der Waals surface area contributed by atoms with Crippen LogP contribution < -0.4 is 5.43 Å². The van der Waals surface area contributed by atoms with Crippen LogP contribution in [0.4, 0.5) is 0 Å². The second kappa shape index (κ2) is 9.04. The summed E-state index contributed by atoms with van der Waals surface area (Å²) in [7, 11) is 0. The highest BCUT2D eigenvalue weighted by atomic mass is 16.3. The van der Waals surface area contributed by atoms with E-state index in [2.05, 4.69) is 66.2 Å². The van der Waals surface area contributed by atoms with Crippen molar-refractivity contribution in [1.82, 2.24) is 9.99 Å². The van der Waals surface area contributed by atoms with E-state index in [-0.39, 0.29) is 11.7 Å². The van der Waals surface area contributed by atoms with Gasteiger partial charge in [-0.3, -0.25) is 4.79 Å². The van der Waals surface area contributed by atoms with Crippen molar-refractivity contribution in [3.8, 4) is 5.69 Å². The van der Waals surface area contributed by atoms with Gasteiger partial charge < -0.3 is 8.98 Å². The predicted molar refractivity (Wildman–Crippen MR) is 125 cm³/mol. The first-order valence-electron chi connectivity index (χ1n) is 10.7. The lowest BCUT2D eigenvalue weighted by Crippen LogP contribution is -2.16. The Morgan fingerprint density at radius 1 is 1.10 bits per heavy atom. The summed E-state index contributed by atoms with van der Waals surface area (Å²) in [5, 5.41) is 5.04. The standard InChI is InChI=1S/C26H27N3O2/c1-4-5-8-20-11-13-23(14-12-20)29-18(2)15-22(19(29)3)17-27-28-26(30)25-16-21-9-6-7-10-24(21)31-25/h6-7,9-17H,4-5,8H2,1-3H3,(H,28,30)/b27-17+. The smallest absolute Gasteiger partial charge is 0.307 e. The van der Waals surface area contributed by atoms with Gasteiger partial charge in [0, 0.05) is 28.0 Å². The second-order valence-electron chi connectivity index (χ2n) is 7.78. The van der Waals surface area contributed by atoms with Gasteiger partial charge in [0.1, 0.15) is 5.58 Å². The molecule has 0 aliphatic carbocycles. The van der Waals surface area contributed by atoms with Crippen molar-refractivity contribution in [3.63, 3.8) is 0 Å². The van der Waals surface area contributed by atoms with E-state index in [0.717, 1.165) is 34.4 Å². The van der Waals surface area contributed by atoms with Gasteiger partial charge in [-0.05, 0) is 62.6 Å². The average Bonchev–Trinajstić information content (AvgIpc) is 3.33. The molecule has 0 saturated heterocycles. The van der Waals surface area contributed by atoms with Crippen LogP contribution in [0.15, 0.2) is 70.2 Å². The Bertz CT molecular complexity index is 1200. The number of benzene rings is 2. The molecule has 31 heavy (non-hydrogen) atoms. The Labute approximate surface area is 182 Å². The number of para-hydroxylation sites is 1. The van der Waals surface area contributed by atoms with Crippen molar-refractivity contribution in [1.29, 1.82) is 0 Å². The number of aromatic nitrogens is 1. The SMILES string of the molecule is CCCCc1ccc(-n2c(C)cc(/C=N/NC(=O)c3cc4ccccc4o3)c2C)cc1. The minimum Gasteiger partial charge on any atom is -0.451 e. The zero-order valence-corrected chi connectivity index (χ0v) is 18.2. The number of nitrogens with one attached hydrogen (secondary N) is 1. The highest BCUT2D eigenvalue weighted by Gasteiger charge is 2.12. The van der Waals surface area contributed by atoms with Gasteiger partial charge in [0.15, 0.2) is 5.76 Å². The topological polar surface area (TPSA) is 59.5 Å². The molecule has 2 aromatic carbocycles. The van der Waals surface area contributed by atoms with Gasteiger partial charge >= 0.3 is 5.91 Å². The molecule has 158 valence electrons. The third-order valence-electron chi connectivity index (χ3n) is 5.50. The molecule has 4 aromatic rings. The minimum atomic E-state index is -0.371. The summed E-state index contributed by atoms with van der Waals surface area (Å²) in [6, 6.07) is 20.0. The molecule has 0 saturated carbocycles. The number of aryl methyl sites for hydroxylation is 2. The molecule has 0 atom stereocenters. The van der Waals surface area contributed by atoms with Crippen LogP contribution in [0.25, 0.3) is 16.7 Å². The zero-order valence-electron chi connectivity index (χ0n) is 18.2. The van der Waals surface area contributed by atoms with Crippen LogP contribution in [0.5, 0.6) is 0 Å². The number of hydrogen-bond acceptors (Lipinski definition) is 3. The van der Waals surface area contributed by atoms with Crippen LogP contribution in [-0.4, -0.2) is 16.7 Å². The number of unbranched alkanes of at least 4 members (excludes halogenated alkanes) is 1. The molecule has 0 fully saturated rings. The molecule has 4 rings (SSSR count). The van der Waals surface area contributed by atoms with Gasteiger partial charge in [-0.1, -0.05) is 43.7 Å². The van der Waals surface area contributed by atoms with Crippen molar-refractivity contribution < 1.29 is 9.21 Å². The number of hydrogen-bond donors (Lipinski definition) is 1. The first-order chi connectivity index (χ1) is 15.1. The Kier molecular flexibility index (Phi) is 6.03. The van der Waals surface area contributed by atoms with Gasteiger partial charge in [-0.2, -0.15) is 5.10 Å². The average molecular weight is 414 g/mol. The summed E-state index contributed by atoms with van der Waals surface area (Å²) >= 11 is 0. The molecule has 2 aromatic heterocycles. The van der Waals surface area contributed by atoms with E-state index in [1.165, 1.54) is 18.4 Å². The first kappa shape index (κ1) is 20.7. The van der Waals surface area contributed by atoms with E-state index in [0.29, 0.717) is 5.58 Å². The Morgan fingerprint density at radius 2 is 1.87 bits per heavy atom. The number of furan rings is 1. The number of nitrogens with zero attached hydrogens (tertiary/aromatic N) is 2. The van der Waals surface area contributed by atoms with Crippen LogP contribution in [0.1, 0.15) is 52.8 Å². The molecule has 0 bridgehead atoms. The van der Waals surface area contributed by atoms with Crippen molar-refractivity contribution in [2.24, 2.45) is 5.10 Å². The molecule has 0 aliphatic heterocycles. The highest BCUT2D eigenvalue weighted by Crippen LogP contribution is 2.21. The molecule has 0 spiro atoms. The van der Waals surface area contributed by atoms with Gasteiger partial charge in [0.2, 0.25) is 0 Å². The van der Waals surface area contributed by atoms with E-state index in [1.807, 2.05) is 24.3 Å². The van der Waals surface area contributed by atoms with Gasteiger partial charge in [0.25, 0.3) is 0 Å². The quantitative estimate of drug-likeness (QED) is 0.301.